The number of rotatable bonds is 4. The minimum Gasteiger partial charge on any atom is -0.366 e. The maximum Gasteiger partial charge on any atom is 0.241 e. The molecule has 0 unspecified atom stereocenters. The van der Waals surface area contributed by atoms with E-state index < -0.39 is 5.91 Å². The van der Waals surface area contributed by atoms with Gasteiger partial charge in [0, 0.05) is 12.3 Å². The second-order valence-electron chi connectivity index (χ2n) is 2.05. The zero-order chi connectivity index (χ0) is 9.52. The Morgan fingerprint density at radius 1 is 1.54 bits per heavy atom. The van der Waals surface area contributed by atoms with E-state index in [2.05, 4.69) is 4.98 Å². The molecular weight excluding hydrogens is 204 g/mol. The molecule has 0 radical (unpaired) electrons. The molecule has 1 heterocycles. The van der Waals surface area contributed by atoms with E-state index in [1.807, 2.05) is 18.2 Å². The van der Waals surface area contributed by atoms with Crippen LogP contribution in [0.3, 0.4) is 0 Å². The van der Waals surface area contributed by atoms with Gasteiger partial charge in [-0.25, -0.2) is 4.98 Å². The molecule has 0 aliphatic rings. The van der Waals surface area contributed by atoms with E-state index in [0.717, 1.165) is 5.03 Å². The summed E-state index contributed by atoms with van der Waals surface area (Å²) in [4.78, 5) is 14.4. The highest BCUT2D eigenvalue weighted by molar-refractivity contribution is 8.77. The van der Waals surface area contributed by atoms with Gasteiger partial charge in [-0.15, -0.1) is 0 Å². The van der Waals surface area contributed by atoms with Gasteiger partial charge in [-0.3, -0.25) is 4.79 Å². The van der Waals surface area contributed by atoms with Crippen LogP contribution >= 0.6 is 21.6 Å². The number of carbonyl (C=O) groups excluding carboxylic acids is 1. The Bertz CT molecular complexity index is 300. The predicted molar refractivity (Wildman–Crippen MR) is 56.0 cm³/mol. The van der Waals surface area contributed by atoms with Gasteiger partial charge in [0.1, 0.15) is 5.03 Å². The molecule has 0 atom stereocenters. The Morgan fingerprint density at radius 3 is 3.00 bits per heavy atom. The number of primary amides is 1. The highest BCUT2D eigenvalue weighted by Crippen LogP contribution is 2.29. The molecule has 0 saturated heterocycles. The van der Waals surface area contributed by atoms with Gasteiger partial charge in [-0.05, 0) is 28.3 Å². The van der Waals surface area contributed by atoms with Gasteiger partial charge in [0.05, 0.1) is 0 Å². The number of hydrogen-bond acceptors (Lipinski definition) is 4. The zero-order valence-electron chi connectivity index (χ0n) is 6.71. The number of nitrogens with zero attached hydrogens (tertiary/aromatic N) is 1. The zero-order valence-corrected chi connectivity index (χ0v) is 8.35. The van der Waals surface area contributed by atoms with Gasteiger partial charge < -0.3 is 5.73 Å². The maximum atomic E-state index is 10.3. The molecule has 5 heteroatoms. The molecule has 0 bridgehead atoms. The first-order chi connectivity index (χ1) is 6.29. The lowest BCUT2D eigenvalue weighted by molar-refractivity contribution is -0.113. The molecule has 1 aromatic rings. The number of nitrogens with two attached hydrogens (primary N) is 1. The average molecular weight is 212 g/mol. The fraction of sp³-hybridized carbons (Fsp3) is 0. The van der Waals surface area contributed by atoms with E-state index in [0.29, 0.717) is 0 Å². The van der Waals surface area contributed by atoms with Crippen molar-refractivity contribution in [2.24, 2.45) is 5.73 Å². The van der Waals surface area contributed by atoms with Gasteiger partial charge >= 0.3 is 0 Å². The van der Waals surface area contributed by atoms with Crippen molar-refractivity contribution < 1.29 is 4.79 Å². The third-order valence-electron chi connectivity index (χ3n) is 1.06. The molecule has 3 nitrogen and oxygen atoms in total. The number of pyridine rings is 1. The van der Waals surface area contributed by atoms with Crippen LogP contribution in [0.2, 0.25) is 0 Å². The second kappa shape index (κ2) is 5.66. The standard InChI is InChI=1S/C8H8N2OS2/c9-7(11)4-6-12-13-8-3-1-2-5-10-8/h1-6H,(H2,9,11). The summed E-state index contributed by atoms with van der Waals surface area (Å²) >= 11 is 0. The van der Waals surface area contributed by atoms with Crippen LogP contribution in [0.25, 0.3) is 0 Å². The molecule has 68 valence electrons. The Morgan fingerprint density at radius 2 is 2.38 bits per heavy atom. The highest BCUT2D eigenvalue weighted by atomic mass is 33.1. The second-order valence-corrected chi connectivity index (χ2v) is 4.18. The van der Waals surface area contributed by atoms with Crippen LogP contribution in [-0.4, -0.2) is 10.9 Å². The SMILES string of the molecule is NC(=O)C=CSSc1ccccn1. The van der Waals surface area contributed by atoms with E-state index >= 15 is 0 Å². The molecule has 1 rings (SSSR count). The Balaban J connectivity index is 2.32. The largest absolute Gasteiger partial charge is 0.366 e. The fourth-order valence-electron chi connectivity index (χ4n) is 0.568. The van der Waals surface area contributed by atoms with Crippen molar-refractivity contribution in [3.05, 3.63) is 35.9 Å². The molecule has 1 amide bonds. The van der Waals surface area contributed by atoms with Gasteiger partial charge in [0.15, 0.2) is 0 Å². The summed E-state index contributed by atoms with van der Waals surface area (Å²) in [7, 11) is 2.88. The summed E-state index contributed by atoms with van der Waals surface area (Å²) in [5, 5.41) is 2.54. The van der Waals surface area contributed by atoms with Gasteiger partial charge in [0.2, 0.25) is 5.91 Å². The summed E-state index contributed by atoms with van der Waals surface area (Å²) < 4.78 is 0. The highest BCUT2D eigenvalue weighted by Gasteiger charge is 1.91. The van der Waals surface area contributed by atoms with Crippen LogP contribution in [0.4, 0.5) is 0 Å². The summed E-state index contributed by atoms with van der Waals surface area (Å²) in [6.07, 6.45) is 3.04. The van der Waals surface area contributed by atoms with Gasteiger partial charge in [-0.2, -0.15) is 0 Å². The van der Waals surface area contributed by atoms with E-state index in [-0.39, 0.29) is 0 Å². The molecule has 0 aliphatic heterocycles. The molecule has 0 aliphatic carbocycles. The van der Waals surface area contributed by atoms with Gasteiger partial charge in [-0.1, -0.05) is 16.9 Å². The van der Waals surface area contributed by atoms with Crippen molar-refractivity contribution >= 4 is 27.5 Å². The third-order valence-corrected chi connectivity index (χ3v) is 2.95. The first-order valence-electron chi connectivity index (χ1n) is 3.49. The fourth-order valence-corrected chi connectivity index (χ4v) is 2.07. The lowest BCUT2D eigenvalue weighted by Crippen LogP contribution is -2.04. The van der Waals surface area contributed by atoms with Crippen molar-refractivity contribution in [3.63, 3.8) is 0 Å². The maximum absolute atomic E-state index is 10.3. The number of carbonyl (C=O) groups is 1. The van der Waals surface area contributed by atoms with Crippen LogP contribution < -0.4 is 5.73 Å². The monoisotopic (exact) mass is 212 g/mol. The smallest absolute Gasteiger partial charge is 0.241 e. The predicted octanol–water partition coefficient (Wildman–Crippen LogP) is 1.82. The van der Waals surface area contributed by atoms with Crippen molar-refractivity contribution in [2.75, 3.05) is 0 Å². The van der Waals surface area contributed by atoms with Crippen molar-refractivity contribution in [1.29, 1.82) is 0 Å². The third kappa shape index (κ3) is 4.59. The van der Waals surface area contributed by atoms with E-state index in [1.54, 1.807) is 11.6 Å². The van der Waals surface area contributed by atoms with Crippen LogP contribution in [-0.2, 0) is 4.79 Å². The normalized spacial score (nSPS) is 10.5. The van der Waals surface area contributed by atoms with Crippen molar-refractivity contribution in [3.8, 4) is 0 Å². The lowest BCUT2D eigenvalue weighted by Gasteiger charge is -1.93. The lowest BCUT2D eigenvalue weighted by atomic mass is 10.5. The number of aromatic nitrogens is 1. The van der Waals surface area contributed by atoms with E-state index in [1.165, 1.54) is 27.7 Å². The number of amides is 1. The molecule has 0 aromatic carbocycles. The first kappa shape index (κ1) is 10.1. The van der Waals surface area contributed by atoms with Crippen LogP contribution in [0.15, 0.2) is 40.9 Å². The van der Waals surface area contributed by atoms with Crippen LogP contribution in [0, 0.1) is 0 Å². The van der Waals surface area contributed by atoms with Crippen LogP contribution in [0.1, 0.15) is 0 Å². The topological polar surface area (TPSA) is 56.0 Å². The molecule has 0 saturated carbocycles. The summed E-state index contributed by atoms with van der Waals surface area (Å²) in [6.45, 7) is 0. The summed E-state index contributed by atoms with van der Waals surface area (Å²) in [5.41, 5.74) is 4.91. The quantitative estimate of drug-likeness (QED) is 0.611. The Labute approximate surface area is 84.2 Å². The molecular formula is C8H8N2OS2. The van der Waals surface area contributed by atoms with Gasteiger partial charge in [0.25, 0.3) is 0 Å². The van der Waals surface area contributed by atoms with Crippen molar-refractivity contribution in [2.45, 2.75) is 5.03 Å². The van der Waals surface area contributed by atoms with E-state index in [9.17, 15) is 4.79 Å². The van der Waals surface area contributed by atoms with Crippen LogP contribution in [0.5, 0.6) is 0 Å². The molecule has 0 fully saturated rings. The molecule has 13 heavy (non-hydrogen) atoms. The minimum absolute atomic E-state index is 0.436. The van der Waals surface area contributed by atoms with E-state index in [4.69, 9.17) is 5.73 Å². The first-order valence-corrected chi connectivity index (χ1v) is 5.70. The minimum atomic E-state index is -0.436. The molecule has 1 aromatic heterocycles. The average Bonchev–Trinajstić information content (AvgIpc) is 2.14. The molecule has 2 N–H and O–H groups in total. The number of hydrogen-bond donors (Lipinski definition) is 1. The Kier molecular flexibility index (Phi) is 4.42. The Hall–Kier alpha value is -0.940. The molecule has 0 spiro atoms. The summed E-state index contributed by atoms with van der Waals surface area (Å²) in [5.74, 6) is -0.436. The van der Waals surface area contributed by atoms with Crippen molar-refractivity contribution in [1.82, 2.24) is 4.98 Å². The summed E-state index contributed by atoms with van der Waals surface area (Å²) in [6, 6.07) is 5.66.